The average molecular weight is 367 g/mol. The first-order valence-corrected chi connectivity index (χ1v) is 9.52. The fraction of sp³-hybridized carbons (Fsp3) is 0.450. The average Bonchev–Trinajstić information content (AvgIpc) is 3.17. The molecule has 7 heteroatoms. The highest BCUT2D eigenvalue weighted by Gasteiger charge is 2.34. The minimum Gasteiger partial charge on any atom is -0.378 e. The van der Waals surface area contributed by atoms with Crippen molar-refractivity contribution in [3.63, 3.8) is 0 Å². The predicted molar refractivity (Wildman–Crippen MR) is 103 cm³/mol. The van der Waals surface area contributed by atoms with Gasteiger partial charge < -0.3 is 15.8 Å². The predicted octanol–water partition coefficient (Wildman–Crippen LogP) is 1.71. The Balaban J connectivity index is 1.47. The molecule has 2 aliphatic rings. The summed E-state index contributed by atoms with van der Waals surface area (Å²) < 4.78 is 5.68. The summed E-state index contributed by atoms with van der Waals surface area (Å²) in [6.07, 6.45) is 5.35. The first kappa shape index (κ1) is 17.9. The lowest BCUT2D eigenvalue weighted by atomic mass is 10.0. The van der Waals surface area contributed by atoms with Gasteiger partial charge in [-0.25, -0.2) is 9.97 Å². The first-order chi connectivity index (χ1) is 13.2. The number of anilines is 1. The molecule has 3 heterocycles. The first-order valence-electron chi connectivity index (χ1n) is 9.52. The number of carbonyl (C=O) groups excluding carboxylic acids is 1. The lowest BCUT2D eigenvalue weighted by Gasteiger charge is -2.34. The molecule has 4 rings (SSSR count). The van der Waals surface area contributed by atoms with Crippen LogP contribution in [0.5, 0.6) is 0 Å². The van der Waals surface area contributed by atoms with E-state index in [1.807, 2.05) is 24.3 Å². The Bertz CT molecular complexity index is 806. The molecule has 2 aromatic rings. The number of nitrogens with zero attached hydrogens (tertiary/aromatic N) is 3. The summed E-state index contributed by atoms with van der Waals surface area (Å²) in [5.41, 5.74) is 7.82. The third-order valence-electron chi connectivity index (χ3n) is 5.32. The maximum absolute atomic E-state index is 12.8. The highest BCUT2D eigenvalue weighted by Crippen LogP contribution is 2.21. The molecule has 3 N–H and O–H groups in total. The molecule has 1 aromatic carbocycles. The van der Waals surface area contributed by atoms with Gasteiger partial charge in [0.05, 0.1) is 31.0 Å². The summed E-state index contributed by atoms with van der Waals surface area (Å²) in [4.78, 5) is 23.4. The number of hydrogen-bond acceptors (Lipinski definition) is 6. The number of likely N-dealkylation sites (tertiary alicyclic amines) is 1. The standard InChI is InChI=1S/C20H25N5O2/c21-20-22-8-7-16(24-20)14-5-4-6-15(11-14)19(26)23-17-12-27-13-18(17)25-9-2-1-3-10-25/h4-8,11,17-18H,1-3,9-10,12-13H2,(H,23,26)(H2,21,22,24)/t17-,18-/m0/s1. The van der Waals surface area contributed by atoms with Crippen molar-refractivity contribution in [3.8, 4) is 11.3 Å². The number of nitrogens with one attached hydrogen (secondary N) is 1. The highest BCUT2D eigenvalue weighted by molar-refractivity contribution is 5.95. The van der Waals surface area contributed by atoms with Crippen LogP contribution in [-0.4, -0.2) is 59.2 Å². The van der Waals surface area contributed by atoms with Gasteiger partial charge in [-0.05, 0) is 44.1 Å². The molecule has 0 radical (unpaired) electrons. The Labute approximate surface area is 158 Å². The minimum absolute atomic E-state index is 0.0222. The van der Waals surface area contributed by atoms with Crippen LogP contribution in [0.3, 0.4) is 0 Å². The molecule has 142 valence electrons. The fourth-order valence-electron chi connectivity index (χ4n) is 3.90. The number of ether oxygens (including phenoxy) is 1. The molecule has 0 spiro atoms. The van der Waals surface area contributed by atoms with Crippen LogP contribution in [0.15, 0.2) is 36.5 Å². The largest absolute Gasteiger partial charge is 0.378 e. The van der Waals surface area contributed by atoms with E-state index in [1.165, 1.54) is 19.3 Å². The molecular weight excluding hydrogens is 342 g/mol. The second-order valence-corrected chi connectivity index (χ2v) is 7.16. The Morgan fingerprint density at radius 2 is 2.04 bits per heavy atom. The van der Waals surface area contributed by atoms with Gasteiger partial charge in [-0.2, -0.15) is 0 Å². The van der Waals surface area contributed by atoms with E-state index in [1.54, 1.807) is 12.3 Å². The van der Waals surface area contributed by atoms with Crippen molar-refractivity contribution in [1.29, 1.82) is 0 Å². The molecule has 1 aromatic heterocycles. The Morgan fingerprint density at radius 1 is 1.19 bits per heavy atom. The van der Waals surface area contributed by atoms with Gasteiger partial charge in [0.2, 0.25) is 5.95 Å². The molecule has 2 aliphatic heterocycles. The second kappa shape index (κ2) is 8.02. The molecule has 0 unspecified atom stereocenters. The highest BCUT2D eigenvalue weighted by atomic mass is 16.5. The van der Waals surface area contributed by atoms with Crippen LogP contribution in [0, 0.1) is 0 Å². The minimum atomic E-state index is -0.0867. The number of hydrogen-bond donors (Lipinski definition) is 2. The van der Waals surface area contributed by atoms with Gasteiger partial charge in [0.1, 0.15) is 0 Å². The normalized spacial score (nSPS) is 23.3. The SMILES string of the molecule is Nc1nccc(-c2cccc(C(=O)N[C@H]3COC[C@@H]3N3CCCCC3)c2)n1. The van der Waals surface area contributed by atoms with E-state index in [4.69, 9.17) is 10.5 Å². The van der Waals surface area contributed by atoms with Crippen molar-refractivity contribution in [2.75, 3.05) is 32.0 Å². The summed E-state index contributed by atoms with van der Waals surface area (Å²) in [6, 6.07) is 9.49. The fourth-order valence-corrected chi connectivity index (χ4v) is 3.90. The lowest BCUT2D eigenvalue weighted by molar-refractivity contribution is 0.0900. The van der Waals surface area contributed by atoms with Gasteiger partial charge in [-0.1, -0.05) is 18.6 Å². The third-order valence-corrected chi connectivity index (χ3v) is 5.32. The summed E-state index contributed by atoms with van der Waals surface area (Å²) >= 11 is 0. The summed E-state index contributed by atoms with van der Waals surface area (Å²) in [5, 5.41) is 3.17. The van der Waals surface area contributed by atoms with E-state index in [0.717, 1.165) is 18.7 Å². The second-order valence-electron chi connectivity index (χ2n) is 7.16. The number of piperidine rings is 1. The van der Waals surface area contributed by atoms with Crippen molar-refractivity contribution in [3.05, 3.63) is 42.1 Å². The van der Waals surface area contributed by atoms with Crippen LogP contribution < -0.4 is 11.1 Å². The topological polar surface area (TPSA) is 93.4 Å². The van der Waals surface area contributed by atoms with Crippen LogP contribution in [0.2, 0.25) is 0 Å². The van der Waals surface area contributed by atoms with Crippen molar-refractivity contribution < 1.29 is 9.53 Å². The molecule has 0 bridgehead atoms. The zero-order valence-electron chi connectivity index (χ0n) is 15.3. The monoisotopic (exact) mass is 367 g/mol. The van der Waals surface area contributed by atoms with E-state index < -0.39 is 0 Å². The van der Waals surface area contributed by atoms with Crippen LogP contribution >= 0.6 is 0 Å². The van der Waals surface area contributed by atoms with E-state index in [2.05, 4.69) is 20.2 Å². The van der Waals surface area contributed by atoms with Gasteiger partial charge in [-0.3, -0.25) is 9.69 Å². The van der Waals surface area contributed by atoms with Crippen LogP contribution in [0.25, 0.3) is 11.3 Å². The van der Waals surface area contributed by atoms with Crippen molar-refractivity contribution in [1.82, 2.24) is 20.2 Å². The van der Waals surface area contributed by atoms with Crippen molar-refractivity contribution >= 4 is 11.9 Å². The van der Waals surface area contributed by atoms with E-state index >= 15 is 0 Å². The number of nitrogen functional groups attached to an aromatic ring is 1. The van der Waals surface area contributed by atoms with Crippen LogP contribution in [0.1, 0.15) is 29.6 Å². The molecular formula is C20H25N5O2. The zero-order chi connectivity index (χ0) is 18.6. The van der Waals surface area contributed by atoms with E-state index in [0.29, 0.717) is 24.5 Å². The Morgan fingerprint density at radius 3 is 2.85 bits per heavy atom. The quantitative estimate of drug-likeness (QED) is 0.854. The van der Waals surface area contributed by atoms with Crippen LogP contribution in [-0.2, 0) is 4.74 Å². The molecule has 0 saturated carbocycles. The lowest BCUT2D eigenvalue weighted by Crippen LogP contribution is -2.52. The number of amides is 1. The molecule has 27 heavy (non-hydrogen) atoms. The Hall–Kier alpha value is -2.51. The number of carbonyl (C=O) groups is 1. The van der Waals surface area contributed by atoms with Gasteiger partial charge >= 0.3 is 0 Å². The van der Waals surface area contributed by atoms with Gasteiger partial charge in [-0.15, -0.1) is 0 Å². The van der Waals surface area contributed by atoms with Gasteiger partial charge in [0, 0.05) is 17.3 Å². The maximum atomic E-state index is 12.8. The molecule has 7 nitrogen and oxygen atoms in total. The Kier molecular flexibility index (Phi) is 5.31. The summed E-state index contributed by atoms with van der Waals surface area (Å²) in [5.74, 6) is 0.131. The van der Waals surface area contributed by atoms with Gasteiger partial charge in [0.15, 0.2) is 0 Å². The summed E-state index contributed by atoms with van der Waals surface area (Å²) in [6.45, 7) is 3.43. The molecule has 1 amide bonds. The zero-order valence-corrected chi connectivity index (χ0v) is 15.3. The van der Waals surface area contributed by atoms with E-state index in [9.17, 15) is 4.79 Å². The molecule has 0 aliphatic carbocycles. The van der Waals surface area contributed by atoms with Gasteiger partial charge in [0.25, 0.3) is 5.91 Å². The molecule has 2 fully saturated rings. The maximum Gasteiger partial charge on any atom is 0.251 e. The van der Waals surface area contributed by atoms with Crippen molar-refractivity contribution in [2.45, 2.75) is 31.3 Å². The molecule has 2 atom stereocenters. The summed E-state index contributed by atoms with van der Waals surface area (Å²) in [7, 11) is 0. The smallest absolute Gasteiger partial charge is 0.251 e. The number of rotatable bonds is 4. The number of aromatic nitrogens is 2. The van der Waals surface area contributed by atoms with Crippen molar-refractivity contribution in [2.24, 2.45) is 0 Å². The third kappa shape index (κ3) is 4.09. The van der Waals surface area contributed by atoms with E-state index in [-0.39, 0.29) is 23.9 Å². The van der Waals surface area contributed by atoms with Crippen LogP contribution in [0.4, 0.5) is 5.95 Å². The number of benzene rings is 1. The molecule has 2 saturated heterocycles. The number of nitrogens with two attached hydrogens (primary N) is 1.